The zero-order chi connectivity index (χ0) is 30.5. The molecular weight excluding hydrogens is 656 g/mol. The van der Waals surface area contributed by atoms with Crippen molar-refractivity contribution in [2.45, 2.75) is 19.6 Å². The van der Waals surface area contributed by atoms with Gasteiger partial charge in [0.25, 0.3) is 0 Å². The van der Waals surface area contributed by atoms with E-state index in [4.69, 9.17) is 0 Å². The molecule has 4 aromatic carbocycles. The van der Waals surface area contributed by atoms with Crippen LogP contribution < -0.4 is 0 Å². The van der Waals surface area contributed by atoms with Gasteiger partial charge in [-0.2, -0.15) is 0 Å². The summed E-state index contributed by atoms with van der Waals surface area (Å²) in [6.45, 7) is 0. The Morgan fingerprint density at radius 1 is 0.293 bits per heavy atom. The molecular formula is C24H20O12S4Ti. The van der Waals surface area contributed by atoms with Crippen LogP contribution in [0.25, 0.3) is 0 Å². The van der Waals surface area contributed by atoms with Crippen LogP contribution in [0.1, 0.15) is 0 Å². The predicted octanol–water partition coefficient (Wildman–Crippen LogP) is 2.36. The van der Waals surface area contributed by atoms with Crippen LogP contribution in [0, 0.1) is 0 Å². The van der Waals surface area contributed by atoms with Crippen molar-refractivity contribution >= 4 is 40.5 Å². The third-order valence-electron chi connectivity index (χ3n) is 4.13. The minimum atomic E-state index is -4.25. The molecule has 0 saturated carbocycles. The average Bonchev–Trinajstić information content (AvgIpc) is 2.90. The fraction of sp³-hybridized carbons (Fsp3) is 0. The third-order valence-corrected chi connectivity index (χ3v) is 7.53. The molecule has 4 rings (SSSR count). The van der Waals surface area contributed by atoms with Crippen LogP contribution in [0.5, 0.6) is 0 Å². The Kier molecular flexibility index (Phi) is 16.1. The van der Waals surface area contributed by atoms with Gasteiger partial charge in [0.05, 0.1) is 19.6 Å². The molecule has 0 unspecified atom stereocenters. The van der Waals surface area contributed by atoms with Crippen LogP contribution in [0.4, 0.5) is 0 Å². The van der Waals surface area contributed by atoms with Crippen molar-refractivity contribution < 1.29 is 73.6 Å². The molecule has 0 spiro atoms. The minimum Gasteiger partial charge on any atom is -0.744 e. The summed E-state index contributed by atoms with van der Waals surface area (Å²) in [7, 11) is -17.0. The van der Waals surface area contributed by atoms with Crippen LogP contribution >= 0.6 is 0 Å². The smallest absolute Gasteiger partial charge is 0.744 e. The SMILES string of the molecule is O=S(=O)([O-])c1ccccc1.O=S(=O)([O-])c1ccccc1.O=S(=O)([O-])c1ccccc1.O=S(=O)([O-])c1ccccc1.[Ti+4]. The molecule has 4 aromatic rings. The van der Waals surface area contributed by atoms with Crippen molar-refractivity contribution in [3.8, 4) is 0 Å². The van der Waals surface area contributed by atoms with Gasteiger partial charge in [0.1, 0.15) is 40.5 Å². The molecule has 0 aliphatic rings. The maximum absolute atomic E-state index is 10.3. The summed E-state index contributed by atoms with van der Waals surface area (Å²) >= 11 is 0. The first-order chi connectivity index (χ1) is 18.4. The monoisotopic (exact) mass is 676 g/mol. The summed E-state index contributed by atoms with van der Waals surface area (Å²) in [5.74, 6) is 0. The summed E-state index contributed by atoms with van der Waals surface area (Å²) in [4.78, 5) is -0.741. The Morgan fingerprint density at radius 2 is 0.415 bits per heavy atom. The number of hydrogen-bond donors (Lipinski definition) is 0. The van der Waals surface area contributed by atoms with Crippen LogP contribution in [0.2, 0.25) is 0 Å². The van der Waals surface area contributed by atoms with Crippen molar-refractivity contribution in [1.82, 2.24) is 0 Å². The Morgan fingerprint density at radius 3 is 0.488 bits per heavy atom. The number of rotatable bonds is 4. The van der Waals surface area contributed by atoms with Gasteiger partial charge in [-0.25, -0.2) is 33.7 Å². The van der Waals surface area contributed by atoms with E-state index < -0.39 is 40.5 Å². The molecule has 0 aromatic heterocycles. The molecule has 0 fully saturated rings. The summed E-state index contributed by atoms with van der Waals surface area (Å²) in [5, 5.41) is 0. The molecule has 0 amide bonds. The van der Waals surface area contributed by atoms with Crippen molar-refractivity contribution in [3.63, 3.8) is 0 Å². The summed E-state index contributed by atoms with van der Waals surface area (Å²) < 4.78 is 123. The predicted molar refractivity (Wildman–Crippen MR) is 138 cm³/mol. The van der Waals surface area contributed by atoms with E-state index in [9.17, 15) is 51.9 Å². The molecule has 41 heavy (non-hydrogen) atoms. The van der Waals surface area contributed by atoms with E-state index in [-0.39, 0.29) is 41.3 Å². The molecule has 0 bridgehead atoms. The van der Waals surface area contributed by atoms with E-state index in [0.29, 0.717) is 0 Å². The second kappa shape index (κ2) is 17.3. The van der Waals surface area contributed by atoms with E-state index in [1.165, 1.54) is 97.1 Å². The molecule has 0 saturated heterocycles. The second-order valence-corrected chi connectivity index (χ2v) is 12.6. The molecule has 17 heteroatoms. The molecule has 12 nitrogen and oxygen atoms in total. The first kappa shape index (κ1) is 38.2. The van der Waals surface area contributed by atoms with Crippen molar-refractivity contribution in [2.24, 2.45) is 0 Å². The van der Waals surface area contributed by atoms with Gasteiger partial charge >= 0.3 is 21.7 Å². The summed E-state index contributed by atoms with van der Waals surface area (Å²) in [6, 6.07) is 28.8. The normalized spacial score (nSPS) is 11.0. The maximum atomic E-state index is 10.3. The van der Waals surface area contributed by atoms with Crippen molar-refractivity contribution in [2.75, 3.05) is 0 Å². The van der Waals surface area contributed by atoms with Crippen molar-refractivity contribution in [1.29, 1.82) is 0 Å². The van der Waals surface area contributed by atoms with Gasteiger partial charge in [-0.3, -0.25) is 0 Å². The van der Waals surface area contributed by atoms with E-state index in [1.54, 1.807) is 24.3 Å². The zero-order valence-electron chi connectivity index (χ0n) is 20.6. The van der Waals surface area contributed by atoms with Gasteiger partial charge in [0.2, 0.25) is 0 Å². The standard InChI is InChI=1S/4C6H6O3S.Ti/c4*7-10(8,9)6-4-2-1-3-5-6;/h4*1-5H,(H,7,8,9);/q;;;;+4/p-4. The molecule has 0 atom stereocenters. The second-order valence-electron chi connectivity index (χ2n) is 7.07. The fourth-order valence-corrected chi connectivity index (χ4v) is 4.31. The zero-order valence-corrected chi connectivity index (χ0v) is 25.4. The van der Waals surface area contributed by atoms with E-state index in [0.717, 1.165) is 0 Å². The first-order valence-corrected chi connectivity index (χ1v) is 16.1. The van der Waals surface area contributed by atoms with Gasteiger partial charge in [0.15, 0.2) is 0 Å². The van der Waals surface area contributed by atoms with Crippen LogP contribution in [-0.2, 0) is 62.2 Å². The van der Waals surface area contributed by atoms with Gasteiger partial charge < -0.3 is 18.2 Å². The maximum Gasteiger partial charge on any atom is 4.00 e. The molecule has 0 radical (unpaired) electrons. The van der Waals surface area contributed by atoms with Crippen molar-refractivity contribution in [3.05, 3.63) is 121 Å². The number of hydrogen-bond acceptors (Lipinski definition) is 12. The third kappa shape index (κ3) is 16.3. The van der Waals surface area contributed by atoms with Crippen LogP contribution in [-0.4, -0.2) is 51.9 Å². The quantitative estimate of drug-likeness (QED) is 0.224. The van der Waals surface area contributed by atoms with E-state index in [1.807, 2.05) is 0 Å². The Labute approximate surface area is 253 Å². The fourth-order valence-electron chi connectivity index (χ4n) is 2.35. The Bertz CT molecular complexity index is 1480. The van der Waals surface area contributed by atoms with E-state index >= 15 is 0 Å². The summed E-state index contributed by atoms with van der Waals surface area (Å²) in [5.41, 5.74) is 0. The van der Waals surface area contributed by atoms with Gasteiger partial charge in [0, 0.05) is 0 Å². The molecule has 0 heterocycles. The minimum absolute atomic E-state index is 0. The average molecular weight is 677 g/mol. The molecule has 0 aliphatic heterocycles. The largest absolute Gasteiger partial charge is 4.00 e. The molecule has 0 N–H and O–H groups in total. The van der Waals surface area contributed by atoms with Gasteiger partial charge in [-0.05, 0) is 48.5 Å². The van der Waals surface area contributed by atoms with E-state index in [2.05, 4.69) is 0 Å². The van der Waals surface area contributed by atoms with Gasteiger partial charge in [-0.1, -0.05) is 72.8 Å². The van der Waals surface area contributed by atoms with Gasteiger partial charge in [-0.15, -0.1) is 0 Å². The topological polar surface area (TPSA) is 229 Å². The molecule has 0 aliphatic carbocycles. The Hall–Kier alpha value is -2.77. The number of benzene rings is 4. The summed E-state index contributed by atoms with van der Waals surface area (Å²) in [6.07, 6.45) is 0. The Balaban J connectivity index is 0.000000516. The van der Waals surface area contributed by atoms with Crippen LogP contribution in [0.15, 0.2) is 141 Å². The van der Waals surface area contributed by atoms with Crippen LogP contribution in [0.3, 0.4) is 0 Å². The molecule has 216 valence electrons. The first-order valence-electron chi connectivity index (χ1n) is 10.5.